The van der Waals surface area contributed by atoms with Crippen molar-refractivity contribution in [1.29, 1.82) is 0 Å². The number of benzene rings is 6. The maximum atomic E-state index is 12.8. The first-order valence-electron chi connectivity index (χ1n) is 20.2. The van der Waals surface area contributed by atoms with E-state index in [1.54, 1.807) is 95.6 Å². The van der Waals surface area contributed by atoms with Gasteiger partial charge in [-0.1, -0.05) is 114 Å². The van der Waals surface area contributed by atoms with Crippen LogP contribution in [0.25, 0.3) is 55.6 Å². The smallest absolute Gasteiger partial charge is 0.305 e. The molecular weight excluding hydrogens is 905 g/mol. The van der Waals surface area contributed by atoms with Crippen molar-refractivity contribution in [3.63, 3.8) is 0 Å². The zero-order valence-corrected chi connectivity index (χ0v) is 36.2. The van der Waals surface area contributed by atoms with E-state index >= 15 is 0 Å². The second kappa shape index (κ2) is 20.0. The Bertz CT molecular complexity index is 3340. The van der Waals surface area contributed by atoms with Crippen LogP contribution in [-0.2, 0) is 26.1 Å². The number of hydrogen-bond donors (Lipinski definition) is 0. The molecule has 0 aliphatic rings. The summed E-state index contributed by atoms with van der Waals surface area (Å²) in [5.74, 6) is 0. The van der Waals surface area contributed by atoms with E-state index in [9.17, 15) is 40.7 Å². The van der Waals surface area contributed by atoms with Crippen molar-refractivity contribution >= 4 is 56.3 Å². The van der Waals surface area contributed by atoms with Crippen molar-refractivity contribution < 1.29 is 26.3 Å². The molecule has 0 bridgehead atoms. The third kappa shape index (κ3) is 11.2. The van der Waals surface area contributed by atoms with Gasteiger partial charge in [0.25, 0.3) is 16.7 Å². The molecule has 0 saturated heterocycles. The second-order valence-electron chi connectivity index (χ2n) is 14.7. The van der Waals surface area contributed by atoms with Crippen LogP contribution in [-0.4, -0.2) is 41.0 Å². The number of aryl methyl sites for hydroxylation is 1. The Morgan fingerprint density at radius 2 is 0.833 bits per heavy atom. The zero-order valence-electron chi connectivity index (χ0n) is 34.7. The highest BCUT2D eigenvalue weighted by molar-refractivity contribution is 6.30. The van der Waals surface area contributed by atoms with Crippen molar-refractivity contribution in [2.75, 3.05) is 0 Å². The van der Waals surface area contributed by atoms with Crippen molar-refractivity contribution in [3.05, 3.63) is 204 Å². The highest BCUT2D eigenvalue weighted by Crippen LogP contribution is 2.25. The fourth-order valence-corrected chi connectivity index (χ4v) is 7.36. The summed E-state index contributed by atoms with van der Waals surface area (Å²) < 4.78 is 80.1. The van der Waals surface area contributed by atoms with Gasteiger partial charge in [-0.3, -0.25) is 23.5 Å². The molecule has 17 heteroatoms. The van der Waals surface area contributed by atoms with E-state index in [-0.39, 0.29) is 28.0 Å². The van der Waals surface area contributed by atoms with Crippen LogP contribution in [0.15, 0.2) is 166 Å². The number of nitrogens with zero attached hydrogens (tertiary/aromatic N) is 6. The van der Waals surface area contributed by atoms with E-state index in [0.29, 0.717) is 55.4 Å². The molecule has 0 radical (unpaired) electrons. The lowest BCUT2D eigenvalue weighted by atomic mass is 10.1. The van der Waals surface area contributed by atoms with Gasteiger partial charge in [-0.25, -0.2) is 15.0 Å². The molecule has 3 heterocycles. The van der Waals surface area contributed by atoms with Crippen LogP contribution in [0.4, 0.5) is 26.3 Å². The predicted octanol–water partition coefficient (Wildman–Crippen LogP) is 11.6. The molecule has 9 aromatic rings. The fraction of sp³-hybridized carbons (Fsp3) is 0.143. The Balaban J connectivity index is 0.000000147. The topological polar surface area (TPSA) is 105 Å². The molecule has 0 aliphatic carbocycles. The Kier molecular flexibility index (Phi) is 14.2. The molecule has 0 amide bonds. The number of alkyl halides is 6. The number of para-hydroxylation sites is 6. The summed E-state index contributed by atoms with van der Waals surface area (Å²) in [6.07, 6.45) is -8.48. The Hall–Kier alpha value is -7.10. The number of aromatic nitrogens is 6. The monoisotopic (exact) mass is 940 g/mol. The van der Waals surface area contributed by atoms with Crippen LogP contribution < -0.4 is 16.7 Å². The lowest BCUT2D eigenvalue weighted by Crippen LogP contribution is -2.30. The molecule has 3 aromatic heterocycles. The van der Waals surface area contributed by atoms with Gasteiger partial charge in [-0.2, -0.15) is 26.3 Å². The molecule has 336 valence electrons. The summed E-state index contributed by atoms with van der Waals surface area (Å²) in [6, 6.07) is 42.5. The zero-order chi connectivity index (χ0) is 47.2. The molecule has 0 atom stereocenters. The minimum Gasteiger partial charge on any atom is -0.305 e. The molecule has 0 aliphatic heterocycles. The van der Waals surface area contributed by atoms with Gasteiger partial charge in [0.15, 0.2) is 0 Å². The summed E-state index contributed by atoms with van der Waals surface area (Å²) in [6.45, 7) is -0.0977. The van der Waals surface area contributed by atoms with Gasteiger partial charge in [0.1, 0.15) is 30.2 Å². The van der Waals surface area contributed by atoms with Crippen LogP contribution in [0.5, 0.6) is 0 Å². The number of hydrogen-bond acceptors (Lipinski definition) is 6. The molecule has 66 heavy (non-hydrogen) atoms. The van der Waals surface area contributed by atoms with Gasteiger partial charge in [-0.15, -0.1) is 0 Å². The first kappa shape index (κ1) is 46.9. The molecule has 0 spiro atoms. The minimum absolute atomic E-state index is 0.0172. The maximum Gasteiger partial charge on any atom is 0.406 e. The van der Waals surface area contributed by atoms with E-state index < -0.39 is 36.6 Å². The SMILES string of the molecule is CCn1c(=O)c(Cc2ccc(Cl)cc2)nc2ccccc21.O=c1c(-c2ccc(Cl)cc2)nc2ccccc2n1CC(F)(F)F.O=c1c(-c2ccccc2)nc2ccccc2n1CC(F)(F)F. The first-order valence-corrected chi connectivity index (χ1v) is 20.9. The van der Waals surface area contributed by atoms with Crippen LogP contribution in [0.1, 0.15) is 18.2 Å². The van der Waals surface area contributed by atoms with Crippen molar-refractivity contribution in [2.45, 2.75) is 45.3 Å². The van der Waals surface area contributed by atoms with Crippen molar-refractivity contribution in [2.24, 2.45) is 0 Å². The molecule has 6 aromatic carbocycles. The lowest BCUT2D eigenvalue weighted by Gasteiger charge is -2.14. The van der Waals surface area contributed by atoms with Gasteiger partial charge in [0.2, 0.25) is 0 Å². The molecular formula is C49H36Cl2F6N6O3. The average Bonchev–Trinajstić information content (AvgIpc) is 3.29. The Labute approximate surface area is 381 Å². The normalized spacial score (nSPS) is 11.5. The highest BCUT2D eigenvalue weighted by Gasteiger charge is 2.31. The molecule has 9 rings (SSSR count). The number of halogens is 8. The standard InChI is InChI=1S/C17H15ClN2O.C16H10ClF3N2O.C16H11F3N2O/c1-2-20-16-6-4-3-5-14(16)19-15(17(20)21)11-12-7-9-13(18)10-8-12;17-11-7-5-10(6-8-11)14-15(23)22(9-16(18,19)20)13-4-2-1-3-12(13)21-14;17-16(18,19)10-21-13-9-5-4-8-12(13)20-14(15(21)22)11-6-2-1-3-7-11/h3-10H,2,11H2,1H3;1-8H,9H2;1-9H,10H2. The molecule has 0 saturated carbocycles. The van der Waals surface area contributed by atoms with Crippen molar-refractivity contribution in [1.82, 2.24) is 28.7 Å². The summed E-state index contributed by atoms with van der Waals surface area (Å²) in [4.78, 5) is 50.5. The summed E-state index contributed by atoms with van der Waals surface area (Å²) >= 11 is 11.7. The maximum absolute atomic E-state index is 12.8. The van der Waals surface area contributed by atoms with Crippen LogP contribution >= 0.6 is 23.2 Å². The van der Waals surface area contributed by atoms with Crippen LogP contribution in [0.2, 0.25) is 10.0 Å². The van der Waals surface area contributed by atoms with E-state index in [1.165, 1.54) is 12.1 Å². The van der Waals surface area contributed by atoms with Crippen LogP contribution in [0.3, 0.4) is 0 Å². The minimum atomic E-state index is -4.51. The largest absolute Gasteiger partial charge is 0.406 e. The predicted molar refractivity (Wildman–Crippen MR) is 246 cm³/mol. The average molecular weight is 942 g/mol. The van der Waals surface area contributed by atoms with Gasteiger partial charge in [-0.05, 0) is 73.2 Å². The number of rotatable bonds is 7. The molecule has 0 N–H and O–H groups in total. The number of fused-ring (bicyclic) bond motifs is 3. The molecule has 0 unspecified atom stereocenters. The Morgan fingerprint density at radius 1 is 0.455 bits per heavy atom. The summed E-state index contributed by atoms with van der Waals surface area (Å²) in [7, 11) is 0. The van der Waals surface area contributed by atoms with Gasteiger partial charge < -0.3 is 4.57 Å². The highest BCUT2D eigenvalue weighted by atomic mass is 35.5. The molecule has 0 fully saturated rings. The van der Waals surface area contributed by atoms with E-state index in [1.807, 2.05) is 55.5 Å². The second-order valence-corrected chi connectivity index (χ2v) is 15.6. The first-order chi connectivity index (χ1) is 31.5. The van der Waals surface area contributed by atoms with Crippen LogP contribution in [0, 0.1) is 0 Å². The van der Waals surface area contributed by atoms with E-state index in [0.717, 1.165) is 21.2 Å². The summed E-state index contributed by atoms with van der Waals surface area (Å²) in [5, 5.41) is 1.15. The van der Waals surface area contributed by atoms with E-state index in [2.05, 4.69) is 15.0 Å². The van der Waals surface area contributed by atoms with Gasteiger partial charge >= 0.3 is 12.4 Å². The fourth-order valence-electron chi connectivity index (χ4n) is 7.11. The molecule has 9 nitrogen and oxygen atoms in total. The lowest BCUT2D eigenvalue weighted by molar-refractivity contribution is -0.141. The van der Waals surface area contributed by atoms with Crippen molar-refractivity contribution in [3.8, 4) is 22.5 Å². The van der Waals surface area contributed by atoms with Gasteiger partial charge in [0, 0.05) is 34.1 Å². The summed E-state index contributed by atoms with van der Waals surface area (Å²) in [5.41, 5.74) is 3.65. The van der Waals surface area contributed by atoms with Gasteiger partial charge in [0.05, 0.1) is 33.1 Å². The van der Waals surface area contributed by atoms with E-state index in [4.69, 9.17) is 23.2 Å². The third-order valence-electron chi connectivity index (χ3n) is 10.1. The Morgan fingerprint density at radius 3 is 1.27 bits per heavy atom. The third-order valence-corrected chi connectivity index (χ3v) is 10.6. The quantitative estimate of drug-likeness (QED) is 0.147.